The van der Waals surface area contributed by atoms with Crippen LogP contribution in [0.2, 0.25) is 0 Å². The number of ether oxygens (including phenoxy) is 1. The normalized spacial score (nSPS) is 49.3. The Bertz CT molecular complexity index is 776. The summed E-state index contributed by atoms with van der Waals surface area (Å²) in [4.78, 5) is 13.9. The molecule has 5 rings (SSSR count). The highest BCUT2D eigenvalue weighted by molar-refractivity contribution is 5.67. The summed E-state index contributed by atoms with van der Waals surface area (Å²) in [6.45, 7) is 8.67. The summed E-state index contributed by atoms with van der Waals surface area (Å²) in [5.41, 5.74) is 0.515. The van der Waals surface area contributed by atoms with Crippen LogP contribution in [0.15, 0.2) is 0 Å². The lowest BCUT2D eigenvalue weighted by atomic mass is 9.41. The van der Waals surface area contributed by atoms with Crippen molar-refractivity contribution in [1.29, 1.82) is 0 Å². The molecule has 200 valence electrons. The second-order valence-corrected chi connectivity index (χ2v) is 13.4. The van der Waals surface area contributed by atoms with Gasteiger partial charge in [-0.1, -0.05) is 27.2 Å². The standard InChI is InChI=1S/C29H49NO5/c1-4-21-24-16-19(31)9-12-29(24,3)23-10-13-28(2)18(7-8-22(28)25(23)26(21)33)6-5-15-35-27(34)30-14-11-20(32)17-30/h18-26,31-33H,4-17H2,1-3H3/t18-,19+,20-,21+,22-,23-,24-,25-,26+,28+,29+/m0/s1. The van der Waals surface area contributed by atoms with Crippen LogP contribution >= 0.6 is 0 Å². The largest absolute Gasteiger partial charge is 0.449 e. The monoisotopic (exact) mass is 491 g/mol. The van der Waals surface area contributed by atoms with E-state index in [1.54, 1.807) is 4.90 Å². The maximum absolute atomic E-state index is 12.2. The molecule has 1 amide bonds. The number of amides is 1. The molecule has 1 aliphatic heterocycles. The molecule has 0 unspecified atom stereocenters. The zero-order valence-corrected chi connectivity index (χ0v) is 22.2. The molecule has 3 N–H and O–H groups in total. The number of carbonyl (C=O) groups excluding carboxylic acids is 1. The van der Waals surface area contributed by atoms with Gasteiger partial charge in [-0.25, -0.2) is 4.79 Å². The number of β-amino-alcohol motifs (C(OH)–C–C–N with tert-alkyl or cyclic N) is 1. The molecule has 5 fully saturated rings. The van der Waals surface area contributed by atoms with Crippen molar-refractivity contribution in [3.63, 3.8) is 0 Å². The van der Waals surface area contributed by atoms with Gasteiger partial charge in [0.2, 0.25) is 0 Å². The van der Waals surface area contributed by atoms with Crippen LogP contribution < -0.4 is 0 Å². The Balaban J connectivity index is 1.23. The molecular weight excluding hydrogens is 442 g/mol. The minimum atomic E-state index is -0.410. The van der Waals surface area contributed by atoms with Crippen molar-refractivity contribution in [2.75, 3.05) is 19.7 Å². The van der Waals surface area contributed by atoms with Crippen LogP contribution in [0.5, 0.6) is 0 Å². The Morgan fingerprint density at radius 3 is 2.40 bits per heavy atom. The van der Waals surface area contributed by atoms with Crippen LogP contribution in [0.25, 0.3) is 0 Å². The molecule has 11 atom stereocenters. The highest BCUT2D eigenvalue weighted by Crippen LogP contribution is 2.69. The second kappa shape index (κ2) is 9.79. The number of hydrogen-bond acceptors (Lipinski definition) is 5. The van der Waals surface area contributed by atoms with Crippen LogP contribution in [0.3, 0.4) is 0 Å². The van der Waals surface area contributed by atoms with Gasteiger partial charge in [-0.05, 0) is 111 Å². The van der Waals surface area contributed by atoms with Gasteiger partial charge < -0.3 is 25.0 Å². The first kappa shape index (κ1) is 25.8. The number of fused-ring (bicyclic) bond motifs is 5. The van der Waals surface area contributed by atoms with Crippen molar-refractivity contribution in [3.8, 4) is 0 Å². The number of hydrogen-bond donors (Lipinski definition) is 3. The van der Waals surface area contributed by atoms with Gasteiger partial charge >= 0.3 is 6.09 Å². The molecule has 35 heavy (non-hydrogen) atoms. The second-order valence-electron chi connectivity index (χ2n) is 13.4. The van der Waals surface area contributed by atoms with Crippen molar-refractivity contribution >= 4 is 6.09 Å². The van der Waals surface area contributed by atoms with E-state index in [2.05, 4.69) is 20.8 Å². The third-order valence-corrected chi connectivity index (χ3v) is 11.9. The van der Waals surface area contributed by atoms with E-state index in [-0.39, 0.29) is 29.1 Å². The first-order valence-corrected chi connectivity index (χ1v) is 14.6. The predicted octanol–water partition coefficient (Wildman–Crippen LogP) is 4.60. The Morgan fingerprint density at radius 2 is 1.69 bits per heavy atom. The summed E-state index contributed by atoms with van der Waals surface area (Å²) in [6, 6.07) is 0. The minimum Gasteiger partial charge on any atom is -0.449 e. The summed E-state index contributed by atoms with van der Waals surface area (Å²) in [5.74, 6) is 2.92. The van der Waals surface area contributed by atoms with E-state index in [0.29, 0.717) is 61.6 Å². The number of aliphatic hydroxyl groups is 3. The van der Waals surface area contributed by atoms with E-state index in [1.165, 1.54) is 25.7 Å². The first-order valence-electron chi connectivity index (χ1n) is 14.6. The van der Waals surface area contributed by atoms with Crippen molar-refractivity contribution in [3.05, 3.63) is 0 Å². The summed E-state index contributed by atoms with van der Waals surface area (Å²) >= 11 is 0. The molecule has 0 aromatic heterocycles. The zero-order valence-electron chi connectivity index (χ0n) is 22.2. The van der Waals surface area contributed by atoms with Crippen LogP contribution in [-0.2, 0) is 4.74 Å². The minimum absolute atomic E-state index is 0.194. The lowest BCUT2D eigenvalue weighted by molar-refractivity contribution is -0.202. The highest BCUT2D eigenvalue weighted by atomic mass is 16.6. The third kappa shape index (κ3) is 4.33. The highest BCUT2D eigenvalue weighted by Gasteiger charge is 2.64. The zero-order chi connectivity index (χ0) is 25.0. The first-order chi connectivity index (χ1) is 16.7. The van der Waals surface area contributed by atoms with Gasteiger partial charge in [-0.2, -0.15) is 0 Å². The van der Waals surface area contributed by atoms with Crippen LogP contribution in [0.1, 0.15) is 91.4 Å². The topological polar surface area (TPSA) is 90.2 Å². The number of carbonyl (C=O) groups is 1. The summed E-state index contributed by atoms with van der Waals surface area (Å²) in [7, 11) is 0. The van der Waals surface area contributed by atoms with E-state index < -0.39 is 6.10 Å². The lowest BCUT2D eigenvalue weighted by Crippen LogP contribution is -2.62. The molecule has 6 heteroatoms. The molecular formula is C29H49NO5. The number of aliphatic hydroxyl groups excluding tert-OH is 3. The Morgan fingerprint density at radius 1 is 0.943 bits per heavy atom. The molecule has 0 aromatic rings. The quantitative estimate of drug-likeness (QED) is 0.489. The summed E-state index contributed by atoms with van der Waals surface area (Å²) in [6.07, 6.45) is 10.3. The molecule has 4 aliphatic carbocycles. The summed E-state index contributed by atoms with van der Waals surface area (Å²) in [5, 5.41) is 31.9. The fourth-order valence-corrected chi connectivity index (χ4v) is 10.0. The Hall–Kier alpha value is -0.850. The maximum Gasteiger partial charge on any atom is 0.409 e. The van der Waals surface area contributed by atoms with Gasteiger partial charge in [0.25, 0.3) is 0 Å². The molecule has 0 aromatic carbocycles. The average molecular weight is 492 g/mol. The predicted molar refractivity (Wildman–Crippen MR) is 135 cm³/mol. The molecule has 4 saturated carbocycles. The van der Waals surface area contributed by atoms with Gasteiger partial charge in [-0.15, -0.1) is 0 Å². The molecule has 0 radical (unpaired) electrons. The van der Waals surface area contributed by atoms with E-state index in [0.717, 1.165) is 38.5 Å². The molecule has 1 heterocycles. The molecule has 1 saturated heterocycles. The Kier molecular flexibility index (Phi) is 7.22. The van der Waals surface area contributed by atoms with Crippen LogP contribution in [0.4, 0.5) is 4.79 Å². The van der Waals surface area contributed by atoms with E-state index in [4.69, 9.17) is 4.74 Å². The van der Waals surface area contributed by atoms with Crippen molar-refractivity contribution in [2.45, 2.75) is 110 Å². The van der Waals surface area contributed by atoms with Crippen LogP contribution in [0, 0.1) is 46.3 Å². The molecule has 5 aliphatic rings. The third-order valence-electron chi connectivity index (χ3n) is 11.9. The molecule has 6 nitrogen and oxygen atoms in total. The molecule has 0 bridgehead atoms. The Labute approximate surface area is 211 Å². The van der Waals surface area contributed by atoms with Gasteiger partial charge in [-0.3, -0.25) is 0 Å². The fraction of sp³-hybridized carbons (Fsp3) is 0.966. The number of nitrogens with zero attached hydrogens (tertiary/aromatic N) is 1. The fourth-order valence-electron chi connectivity index (χ4n) is 10.0. The smallest absolute Gasteiger partial charge is 0.409 e. The van der Waals surface area contributed by atoms with E-state index >= 15 is 0 Å². The van der Waals surface area contributed by atoms with Crippen molar-refractivity contribution < 1.29 is 24.9 Å². The van der Waals surface area contributed by atoms with Gasteiger partial charge in [0.15, 0.2) is 0 Å². The summed E-state index contributed by atoms with van der Waals surface area (Å²) < 4.78 is 5.53. The van der Waals surface area contributed by atoms with Gasteiger partial charge in [0.1, 0.15) is 0 Å². The van der Waals surface area contributed by atoms with E-state index in [1.807, 2.05) is 0 Å². The number of likely N-dealkylation sites (tertiary alicyclic amines) is 1. The van der Waals surface area contributed by atoms with Crippen molar-refractivity contribution in [1.82, 2.24) is 4.90 Å². The van der Waals surface area contributed by atoms with E-state index in [9.17, 15) is 20.1 Å². The van der Waals surface area contributed by atoms with Crippen molar-refractivity contribution in [2.24, 2.45) is 46.3 Å². The SMILES string of the molecule is CC[C@H]1[C@@H](O)[C@@H]2[C@H](CC[C@]3(C)[C@@H](CCCOC(=O)N4CC[C@H](O)C4)CC[C@@H]23)[C@@]2(C)CC[C@@H](O)C[C@@H]12. The van der Waals surface area contributed by atoms with Gasteiger partial charge in [0.05, 0.1) is 24.9 Å². The number of rotatable bonds is 5. The average Bonchev–Trinajstić information content (AvgIpc) is 3.41. The van der Waals surface area contributed by atoms with Crippen LogP contribution in [-0.4, -0.2) is 64.3 Å². The molecule has 0 spiro atoms. The van der Waals surface area contributed by atoms with Gasteiger partial charge in [0, 0.05) is 13.1 Å². The maximum atomic E-state index is 12.2. The lowest BCUT2D eigenvalue weighted by Gasteiger charge is -2.64.